The standard InChI is InChI=1S/C25H24N4O4S2/c30-22(26-14-12-18-5-2-1-3-6-18)7-4-15-28-24(31)23-21(13-16-34-23)27-25(28)35-17-19-8-10-20(11-9-19)29(32)33/h1-3,5-6,8-11,13,16H,4,7,12,14-15,17H2,(H,26,30). The maximum Gasteiger partial charge on any atom is 0.272 e. The topological polar surface area (TPSA) is 107 Å². The molecule has 2 aromatic carbocycles. The monoisotopic (exact) mass is 508 g/mol. The van der Waals surface area contributed by atoms with Crippen LogP contribution in [0.25, 0.3) is 10.2 Å². The molecule has 0 aliphatic heterocycles. The number of amides is 1. The number of nitrogens with zero attached hydrogens (tertiary/aromatic N) is 3. The van der Waals surface area contributed by atoms with Gasteiger partial charge in [0.1, 0.15) is 4.70 Å². The number of hydrogen-bond donors (Lipinski definition) is 1. The lowest BCUT2D eigenvalue weighted by Crippen LogP contribution is -2.27. The first-order chi connectivity index (χ1) is 17.0. The van der Waals surface area contributed by atoms with Crippen LogP contribution < -0.4 is 10.9 Å². The van der Waals surface area contributed by atoms with E-state index in [9.17, 15) is 19.7 Å². The number of non-ortho nitro benzene ring substituents is 1. The summed E-state index contributed by atoms with van der Waals surface area (Å²) in [6.45, 7) is 0.955. The lowest BCUT2D eigenvalue weighted by molar-refractivity contribution is -0.384. The second kappa shape index (κ2) is 11.8. The zero-order chi connectivity index (χ0) is 24.6. The molecule has 0 atom stereocenters. The summed E-state index contributed by atoms with van der Waals surface area (Å²) in [4.78, 5) is 40.5. The second-order valence-corrected chi connectivity index (χ2v) is 9.75. The third kappa shape index (κ3) is 6.55. The van der Waals surface area contributed by atoms with Crippen molar-refractivity contribution in [3.63, 3.8) is 0 Å². The molecule has 35 heavy (non-hydrogen) atoms. The molecule has 0 aliphatic rings. The van der Waals surface area contributed by atoms with E-state index in [1.54, 1.807) is 16.7 Å². The van der Waals surface area contributed by atoms with Crippen LogP contribution in [-0.2, 0) is 23.5 Å². The second-order valence-electron chi connectivity index (χ2n) is 7.89. The van der Waals surface area contributed by atoms with Crippen molar-refractivity contribution in [2.45, 2.75) is 36.7 Å². The van der Waals surface area contributed by atoms with E-state index < -0.39 is 4.92 Å². The van der Waals surface area contributed by atoms with Gasteiger partial charge in [0.2, 0.25) is 5.91 Å². The molecule has 0 saturated heterocycles. The van der Waals surface area contributed by atoms with E-state index in [4.69, 9.17) is 0 Å². The summed E-state index contributed by atoms with van der Waals surface area (Å²) in [7, 11) is 0. The van der Waals surface area contributed by atoms with Crippen molar-refractivity contribution in [1.29, 1.82) is 0 Å². The Morgan fingerprint density at radius 3 is 2.60 bits per heavy atom. The maximum atomic E-state index is 13.1. The predicted molar refractivity (Wildman–Crippen MR) is 139 cm³/mol. The summed E-state index contributed by atoms with van der Waals surface area (Å²) in [5.41, 5.74) is 2.64. The van der Waals surface area contributed by atoms with E-state index in [2.05, 4.69) is 10.3 Å². The van der Waals surface area contributed by atoms with Crippen LogP contribution in [0.4, 0.5) is 5.69 Å². The van der Waals surface area contributed by atoms with Gasteiger partial charge in [-0.25, -0.2) is 4.98 Å². The molecule has 8 nitrogen and oxygen atoms in total. The average molecular weight is 509 g/mol. The van der Waals surface area contributed by atoms with E-state index >= 15 is 0 Å². The fraction of sp³-hybridized carbons (Fsp3) is 0.240. The summed E-state index contributed by atoms with van der Waals surface area (Å²) >= 11 is 2.76. The van der Waals surface area contributed by atoms with Crippen LogP contribution in [0.3, 0.4) is 0 Å². The minimum atomic E-state index is -0.432. The normalized spacial score (nSPS) is 11.0. The molecule has 180 valence electrons. The van der Waals surface area contributed by atoms with Gasteiger partial charge in [0.05, 0.1) is 10.4 Å². The van der Waals surface area contributed by atoms with Crippen molar-refractivity contribution in [1.82, 2.24) is 14.9 Å². The third-order valence-corrected chi connectivity index (χ3v) is 7.35. The summed E-state index contributed by atoms with van der Waals surface area (Å²) in [6, 6.07) is 18.1. The molecular formula is C25H24N4O4S2. The van der Waals surface area contributed by atoms with Crippen LogP contribution >= 0.6 is 23.1 Å². The Balaban J connectivity index is 1.37. The lowest BCUT2D eigenvalue weighted by Gasteiger charge is -2.12. The summed E-state index contributed by atoms with van der Waals surface area (Å²) < 4.78 is 2.23. The number of hydrogen-bond acceptors (Lipinski definition) is 7. The highest BCUT2D eigenvalue weighted by molar-refractivity contribution is 7.98. The minimum absolute atomic E-state index is 0.0375. The van der Waals surface area contributed by atoms with Crippen molar-refractivity contribution < 1.29 is 9.72 Å². The Hall–Kier alpha value is -3.50. The molecule has 0 saturated carbocycles. The van der Waals surface area contributed by atoms with Gasteiger partial charge < -0.3 is 5.32 Å². The minimum Gasteiger partial charge on any atom is -0.356 e. The molecule has 1 amide bonds. The predicted octanol–water partition coefficient (Wildman–Crippen LogP) is 4.80. The van der Waals surface area contributed by atoms with Gasteiger partial charge in [0.25, 0.3) is 11.2 Å². The van der Waals surface area contributed by atoms with E-state index in [1.165, 1.54) is 40.8 Å². The van der Waals surface area contributed by atoms with Crippen LogP contribution in [0.2, 0.25) is 0 Å². The molecule has 0 radical (unpaired) electrons. The van der Waals surface area contributed by atoms with Gasteiger partial charge in [-0.15, -0.1) is 11.3 Å². The lowest BCUT2D eigenvalue weighted by atomic mass is 10.1. The smallest absolute Gasteiger partial charge is 0.272 e. The Bertz CT molecular complexity index is 1370. The fourth-order valence-corrected chi connectivity index (χ4v) is 5.33. The van der Waals surface area contributed by atoms with Gasteiger partial charge in [-0.1, -0.05) is 54.2 Å². The van der Waals surface area contributed by atoms with Crippen molar-refractivity contribution in [2.75, 3.05) is 6.54 Å². The van der Waals surface area contributed by atoms with E-state index in [0.29, 0.717) is 47.1 Å². The van der Waals surface area contributed by atoms with E-state index in [1.807, 2.05) is 41.8 Å². The molecular weight excluding hydrogens is 484 g/mol. The van der Waals surface area contributed by atoms with Crippen LogP contribution in [0, 0.1) is 10.1 Å². The zero-order valence-electron chi connectivity index (χ0n) is 18.9. The average Bonchev–Trinajstić information content (AvgIpc) is 3.34. The molecule has 4 aromatic rings. The Labute approximate surface area is 210 Å². The summed E-state index contributed by atoms with van der Waals surface area (Å²) in [6.07, 6.45) is 1.60. The molecule has 1 N–H and O–H groups in total. The number of nitro benzene ring substituents is 1. The molecule has 10 heteroatoms. The summed E-state index contributed by atoms with van der Waals surface area (Å²) in [5, 5.41) is 16.2. The van der Waals surface area contributed by atoms with Gasteiger partial charge in [-0.05, 0) is 35.4 Å². The van der Waals surface area contributed by atoms with Crippen molar-refractivity contribution in [3.8, 4) is 0 Å². The van der Waals surface area contributed by atoms with E-state index in [0.717, 1.165) is 12.0 Å². The maximum absolute atomic E-state index is 13.1. The number of nitro groups is 1. The number of nitrogens with one attached hydrogen (secondary N) is 1. The first-order valence-electron chi connectivity index (χ1n) is 11.2. The fourth-order valence-electron chi connectivity index (χ4n) is 3.57. The van der Waals surface area contributed by atoms with Gasteiger partial charge >= 0.3 is 0 Å². The first kappa shape index (κ1) is 24.6. The molecule has 0 spiro atoms. The molecule has 0 unspecified atom stereocenters. The van der Waals surface area contributed by atoms with Crippen LogP contribution in [-0.4, -0.2) is 26.9 Å². The third-order valence-electron chi connectivity index (χ3n) is 5.41. The Kier molecular flexibility index (Phi) is 8.27. The van der Waals surface area contributed by atoms with Crippen molar-refractivity contribution in [3.05, 3.63) is 97.6 Å². The zero-order valence-corrected chi connectivity index (χ0v) is 20.5. The number of thiophene rings is 1. The van der Waals surface area contributed by atoms with Crippen molar-refractivity contribution in [2.24, 2.45) is 0 Å². The Morgan fingerprint density at radius 1 is 1.09 bits per heavy atom. The van der Waals surface area contributed by atoms with Crippen LogP contribution in [0.1, 0.15) is 24.0 Å². The van der Waals surface area contributed by atoms with Crippen LogP contribution in [0.15, 0.2) is 76.0 Å². The van der Waals surface area contributed by atoms with Crippen molar-refractivity contribution >= 4 is 44.9 Å². The quantitative estimate of drug-likeness (QED) is 0.135. The molecule has 0 fully saturated rings. The van der Waals surface area contributed by atoms with Gasteiger partial charge in [0.15, 0.2) is 5.16 Å². The van der Waals surface area contributed by atoms with Gasteiger partial charge in [0, 0.05) is 37.4 Å². The van der Waals surface area contributed by atoms with Gasteiger partial charge in [-0.2, -0.15) is 0 Å². The number of thioether (sulfide) groups is 1. The number of fused-ring (bicyclic) bond motifs is 1. The first-order valence-corrected chi connectivity index (χ1v) is 13.0. The SMILES string of the molecule is O=C(CCCn1c(SCc2ccc([N+](=O)[O-])cc2)nc2ccsc2c1=O)NCCc1ccccc1. The number of carbonyl (C=O) groups is 1. The molecule has 0 aliphatic carbocycles. The molecule has 2 aromatic heterocycles. The van der Waals surface area contributed by atoms with Crippen LogP contribution in [0.5, 0.6) is 0 Å². The Morgan fingerprint density at radius 2 is 1.86 bits per heavy atom. The highest BCUT2D eigenvalue weighted by Crippen LogP contribution is 2.25. The van der Waals surface area contributed by atoms with Gasteiger partial charge in [-0.3, -0.25) is 24.3 Å². The molecule has 4 rings (SSSR count). The highest BCUT2D eigenvalue weighted by Gasteiger charge is 2.14. The molecule has 0 bridgehead atoms. The number of aromatic nitrogens is 2. The largest absolute Gasteiger partial charge is 0.356 e. The highest BCUT2D eigenvalue weighted by atomic mass is 32.2. The number of carbonyl (C=O) groups excluding carboxylic acids is 1. The van der Waals surface area contributed by atoms with E-state index in [-0.39, 0.29) is 17.2 Å². The summed E-state index contributed by atoms with van der Waals surface area (Å²) in [5.74, 6) is 0.472. The number of benzene rings is 2. The molecule has 2 heterocycles. The number of rotatable bonds is 11.